The summed E-state index contributed by atoms with van der Waals surface area (Å²) in [5, 5.41) is 3.63. The molecule has 2 aromatic carbocycles. The first-order chi connectivity index (χ1) is 11.7. The van der Waals surface area contributed by atoms with Gasteiger partial charge in [-0.1, -0.05) is 87.9 Å². The van der Waals surface area contributed by atoms with Crippen LogP contribution in [0.1, 0.15) is 51.5 Å². The highest BCUT2D eigenvalue weighted by molar-refractivity contribution is 5.63. The van der Waals surface area contributed by atoms with E-state index in [-0.39, 0.29) is 0 Å². The molecule has 0 saturated carbocycles. The molecule has 0 aliphatic carbocycles. The molecule has 2 rings (SSSR count). The average molecular weight is 322 g/mol. The molecule has 1 heteroatoms. The van der Waals surface area contributed by atoms with Crippen molar-refractivity contribution < 1.29 is 0 Å². The fourth-order valence-corrected chi connectivity index (χ4v) is 3.00. The van der Waals surface area contributed by atoms with Crippen LogP contribution in [0, 0.1) is 0 Å². The van der Waals surface area contributed by atoms with Crippen molar-refractivity contribution in [3.8, 4) is 11.1 Å². The quantitative estimate of drug-likeness (QED) is 0.502. The first-order valence-electron chi connectivity index (χ1n) is 9.31. The van der Waals surface area contributed by atoms with Gasteiger partial charge in [-0.05, 0) is 42.4 Å². The van der Waals surface area contributed by atoms with Crippen LogP contribution in [0.3, 0.4) is 0 Å². The molecule has 1 nitrogen and oxygen atoms in total. The Bertz CT molecular complexity index is 598. The zero-order valence-electron chi connectivity index (χ0n) is 15.2. The zero-order valence-corrected chi connectivity index (χ0v) is 15.2. The van der Waals surface area contributed by atoms with Gasteiger partial charge in [0.15, 0.2) is 0 Å². The van der Waals surface area contributed by atoms with Gasteiger partial charge in [0.2, 0.25) is 0 Å². The Balaban J connectivity index is 1.90. The Labute approximate surface area is 147 Å². The van der Waals surface area contributed by atoms with Crippen LogP contribution in [-0.4, -0.2) is 6.04 Å². The van der Waals surface area contributed by atoms with Gasteiger partial charge in [-0.25, -0.2) is 0 Å². The van der Waals surface area contributed by atoms with Gasteiger partial charge in [0, 0.05) is 11.7 Å². The molecule has 0 heterocycles. The van der Waals surface area contributed by atoms with Crippen LogP contribution in [-0.2, 0) is 6.42 Å². The lowest BCUT2D eigenvalue weighted by molar-refractivity contribution is 0.527. The summed E-state index contributed by atoms with van der Waals surface area (Å²) in [5.41, 5.74) is 5.13. The molecular weight excluding hydrogens is 290 g/mol. The number of unbranched alkanes of at least 4 members (excludes halogenated alkanes) is 2. The molecule has 1 N–H and O–H groups in total. The lowest BCUT2D eigenvalue weighted by atomic mass is 9.99. The standard InChI is InChI=1S/C23H31N/c1-4-6-8-11-19(3)24-23(5-2)18-20-14-16-22(17-15-20)21-12-9-7-10-13-21/h7,9-10,12-17,23-24H,3-6,8,11,18H2,1-2H3. The van der Waals surface area contributed by atoms with E-state index in [1.807, 2.05) is 0 Å². The van der Waals surface area contributed by atoms with Crippen LogP contribution in [0.15, 0.2) is 66.9 Å². The summed E-state index contributed by atoms with van der Waals surface area (Å²) in [6.07, 6.45) is 7.06. The van der Waals surface area contributed by atoms with Crippen LogP contribution >= 0.6 is 0 Å². The number of allylic oxidation sites excluding steroid dienone is 1. The third kappa shape index (κ3) is 5.88. The highest BCUT2D eigenvalue weighted by Gasteiger charge is 2.08. The predicted molar refractivity (Wildman–Crippen MR) is 106 cm³/mol. The number of hydrogen-bond acceptors (Lipinski definition) is 1. The maximum absolute atomic E-state index is 4.20. The molecule has 0 aliphatic heterocycles. The fourth-order valence-electron chi connectivity index (χ4n) is 3.00. The molecule has 0 aliphatic rings. The molecule has 0 spiro atoms. The van der Waals surface area contributed by atoms with E-state index in [2.05, 4.69) is 80.3 Å². The molecule has 0 amide bonds. The molecule has 0 aromatic heterocycles. The first kappa shape index (κ1) is 18.3. The normalized spacial score (nSPS) is 11.9. The summed E-state index contributed by atoms with van der Waals surface area (Å²) < 4.78 is 0. The largest absolute Gasteiger partial charge is 0.386 e. The summed E-state index contributed by atoms with van der Waals surface area (Å²) >= 11 is 0. The molecular formula is C23H31N. The smallest absolute Gasteiger partial charge is 0.0295 e. The first-order valence-corrected chi connectivity index (χ1v) is 9.31. The molecule has 24 heavy (non-hydrogen) atoms. The second-order valence-corrected chi connectivity index (χ2v) is 6.58. The van der Waals surface area contributed by atoms with E-state index in [1.165, 1.54) is 41.6 Å². The minimum atomic E-state index is 0.474. The maximum Gasteiger partial charge on any atom is 0.0295 e. The van der Waals surface area contributed by atoms with Gasteiger partial charge >= 0.3 is 0 Å². The summed E-state index contributed by atoms with van der Waals surface area (Å²) in [4.78, 5) is 0. The monoisotopic (exact) mass is 321 g/mol. The van der Waals surface area contributed by atoms with Crippen molar-refractivity contribution in [2.45, 2.75) is 58.4 Å². The minimum absolute atomic E-state index is 0.474. The van der Waals surface area contributed by atoms with Crippen molar-refractivity contribution in [3.63, 3.8) is 0 Å². The highest BCUT2D eigenvalue weighted by atomic mass is 14.9. The average Bonchev–Trinajstić information content (AvgIpc) is 2.62. The third-order valence-electron chi connectivity index (χ3n) is 4.53. The third-order valence-corrected chi connectivity index (χ3v) is 4.53. The Morgan fingerprint density at radius 3 is 2.21 bits per heavy atom. The summed E-state index contributed by atoms with van der Waals surface area (Å²) in [6.45, 7) is 8.68. The van der Waals surface area contributed by atoms with Crippen molar-refractivity contribution in [2.24, 2.45) is 0 Å². The van der Waals surface area contributed by atoms with E-state index >= 15 is 0 Å². The van der Waals surface area contributed by atoms with E-state index in [0.29, 0.717) is 6.04 Å². The number of benzene rings is 2. The lowest BCUT2D eigenvalue weighted by Gasteiger charge is -2.20. The van der Waals surface area contributed by atoms with Gasteiger partial charge in [0.1, 0.15) is 0 Å². The van der Waals surface area contributed by atoms with Crippen LogP contribution in [0.5, 0.6) is 0 Å². The van der Waals surface area contributed by atoms with Crippen LogP contribution < -0.4 is 5.32 Å². The van der Waals surface area contributed by atoms with Crippen molar-refractivity contribution >= 4 is 0 Å². The van der Waals surface area contributed by atoms with E-state index in [1.54, 1.807) is 0 Å². The van der Waals surface area contributed by atoms with Gasteiger partial charge in [-0.3, -0.25) is 0 Å². The second kappa shape index (κ2) is 9.97. The van der Waals surface area contributed by atoms with Gasteiger partial charge < -0.3 is 5.32 Å². The number of nitrogens with one attached hydrogen (secondary N) is 1. The second-order valence-electron chi connectivity index (χ2n) is 6.58. The molecule has 0 radical (unpaired) electrons. The summed E-state index contributed by atoms with van der Waals surface area (Å²) in [5.74, 6) is 0. The molecule has 1 unspecified atom stereocenters. The van der Waals surface area contributed by atoms with E-state index in [4.69, 9.17) is 0 Å². The number of rotatable bonds is 10. The Hall–Kier alpha value is -2.02. The molecule has 0 fully saturated rings. The molecule has 0 bridgehead atoms. The maximum atomic E-state index is 4.20. The Morgan fingerprint density at radius 1 is 0.917 bits per heavy atom. The molecule has 1 atom stereocenters. The SMILES string of the molecule is C=C(CCCCC)NC(CC)Cc1ccc(-c2ccccc2)cc1. The zero-order chi connectivity index (χ0) is 17.2. The Kier molecular flexibility index (Phi) is 7.61. The van der Waals surface area contributed by atoms with Crippen molar-refractivity contribution in [3.05, 3.63) is 72.4 Å². The van der Waals surface area contributed by atoms with Crippen molar-refractivity contribution in [1.29, 1.82) is 0 Å². The lowest BCUT2D eigenvalue weighted by Crippen LogP contribution is -2.29. The Morgan fingerprint density at radius 2 is 1.58 bits per heavy atom. The van der Waals surface area contributed by atoms with Gasteiger partial charge in [-0.2, -0.15) is 0 Å². The highest BCUT2D eigenvalue weighted by Crippen LogP contribution is 2.20. The topological polar surface area (TPSA) is 12.0 Å². The molecule has 0 saturated heterocycles. The van der Waals surface area contributed by atoms with Crippen LogP contribution in [0.4, 0.5) is 0 Å². The van der Waals surface area contributed by atoms with Crippen molar-refractivity contribution in [2.75, 3.05) is 0 Å². The summed E-state index contributed by atoms with van der Waals surface area (Å²) in [6, 6.07) is 20.0. The summed E-state index contributed by atoms with van der Waals surface area (Å²) in [7, 11) is 0. The minimum Gasteiger partial charge on any atom is -0.386 e. The van der Waals surface area contributed by atoms with Crippen molar-refractivity contribution in [1.82, 2.24) is 5.32 Å². The molecule has 128 valence electrons. The number of hydrogen-bond donors (Lipinski definition) is 1. The van der Waals surface area contributed by atoms with Gasteiger partial charge in [0.05, 0.1) is 0 Å². The predicted octanol–water partition coefficient (Wildman–Crippen LogP) is 6.36. The van der Waals surface area contributed by atoms with E-state index < -0.39 is 0 Å². The van der Waals surface area contributed by atoms with Gasteiger partial charge in [0.25, 0.3) is 0 Å². The van der Waals surface area contributed by atoms with Crippen LogP contribution in [0.25, 0.3) is 11.1 Å². The molecule has 2 aromatic rings. The van der Waals surface area contributed by atoms with Crippen LogP contribution in [0.2, 0.25) is 0 Å². The fraction of sp³-hybridized carbons (Fsp3) is 0.391. The van der Waals surface area contributed by atoms with E-state index in [0.717, 1.165) is 19.3 Å². The van der Waals surface area contributed by atoms with Gasteiger partial charge in [-0.15, -0.1) is 0 Å². The van der Waals surface area contributed by atoms with E-state index in [9.17, 15) is 0 Å².